The van der Waals surface area contributed by atoms with Crippen molar-refractivity contribution < 1.29 is 47.9 Å². The van der Waals surface area contributed by atoms with E-state index in [1.807, 2.05) is 0 Å². The third kappa shape index (κ3) is 10.9. The Balaban J connectivity index is 1.94. The molecule has 9 amide bonds. The molecule has 0 aromatic carbocycles. The number of rotatable bonds is 17. The van der Waals surface area contributed by atoms with Gasteiger partial charge in [0.1, 0.15) is 12.1 Å². The molecule has 17 heteroatoms. The number of imide groups is 2. The minimum atomic E-state index is -1.14. The molecule has 4 atom stereocenters. The van der Waals surface area contributed by atoms with Crippen molar-refractivity contribution in [3.63, 3.8) is 0 Å². The summed E-state index contributed by atoms with van der Waals surface area (Å²) in [5.41, 5.74) is 0. The first-order chi connectivity index (χ1) is 21.1. The van der Waals surface area contributed by atoms with Gasteiger partial charge in [-0.05, 0) is 34.6 Å². The molecule has 0 fully saturated rings. The van der Waals surface area contributed by atoms with Crippen molar-refractivity contribution in [1.82, 2.24) is 36.4 Å². The van der Waals surface area contributed by atoms with Crippen LogP contribution in [0.25, 0.3) is 0 Å². The fourth-order valence-electron chi connectivity index (χ4n) is 4.39. The summed E-state index contributed by atoms with van der Waals surface area (Å²) in [4.78, 5) is 112. The number of hydrogen-bond donors (Lipinski definition) is 5. The molecule has 0 radical (unpaired) electrons. The molecule has 2 aliphatic heterocycles. The second kappa shape index (κ2) is 16.8. The van der Waals surface area contributed by atoms with Crippen LogP contribution in [-0.2, 0) is 47.9 Å². The summed E-state index contributed by atoms with van der Waals surface area (Å²) in [5, 5.41) is 12.6. The number of hydrogen-bond acceptors (Lipinski definition) is 10. The van der Waals surface area contributed by atoms with Gasteiger partial charge >= 0.3 is 0 Å². The molecule has 2 aliphatic rings. The first-order valence-corrected chi connectivity index (χ1v) is 14.3. The summed E-state index contributed by atoms with van der Waals surface area (Å²) >= 11 is 0. The monoisotopic (exact) mass is 633 g/mol. The predicted molar refractivity (Wildman–Crippen MR) is 155 cm³/mol. The Hall–Kier alpha value is -4.93. The number of ether oxygens (including phenoxy) is 1. The van der Waals surface area contributed by atoms with Crippen molar-refractivity contribution in [3.05, 3.63) is 24.3 Å². The van der Waals surface area contributed by atoms with Gasteiger partial charge in [0.15, 0.2) is 0 Å². The molecule has 17 nitrogen and oxygen atoms in total. The van der Waals surface area contributed by atoms with Gasteiger partial charge in [-0.3, -0.25) is 53.0 Å². The summed E-state index contributed by atoms with van der Waals surface area (Å²) in [6.07, 6.45) is 1.50. The molecule has 0 aromatic heterocycles. The molecule has 0 saturated carbocycles. The molecule has 0 spiro atoms. The van der Waals surface area contributed by atoms with E-state index in [0.717, 1.165) is 34.1 Å². The van der Waals surface area contributed by atoms with E-state index >= 15 is 0 Å². The zero-order chi connectivity index (χ0) is 33.8. The number of nitrogens with zero attached hydrogens (tertiary/aromatic N) is 2. The van der Waals surface area contributed by atoms with Crippen LogP contribution in [0, 0.1) is 0 Å². The van der Waals surface area contributed by atoms with Crippen molar-refractivity contribution in [2.45, 2.75) is 84.3 Å². The normalized spacial score (nSPS) is 17.4. The second-order valence-electron chi connectivity index (χ2n) is 10.3. The van der Waals surface area contributed by atoms with Crippen LogP contribution >= 0.6 is 0 Å². The van der Waals surface area contributed by atoms with Crippen LogP contribution in [-0.4, -0.2) is 107 Å². The minimum absolute atomic E-state index is 0.0339. The molecule has 2 rings (SSSR count). The summed E-state index contributed by atoms with van der Waals surface area (Å²) in [5.74, 6) is -5.73. The minimum Gasteiger partial charge on any atom is -0.381 e. The van der Waals surface area contributed by atoms with Crippen molar-refractivity contribution >= 4 is 53.2 Å². The maximum Gasteiger partial charge on any atom is 0.254 e. The maximum atomic E-state index is 12.8. The Morgan fingerprint density at radius 1 is 0.622 bits per heavy atom. The van der Waals surface area contributed by atoms with Crippen molar-refractivity contribution in [1.29, 1.82) is 0 Å². The van der Waals surface area contributed by atoms with E-state index in [0.29, 0.717) is 6.61 Å². The maximum absolute atomic E-state index is 12.8. The van der Waals surface area contributed by atoms with Gasteiger partial charge in [0, 0.05) is 56.2 Å². The molecule has 4 unspecified atom stereocenters. The van der Waals surface area contributed by atoms with Crippen LogP contribution in [0.2, 0.25) is 0 Å². The summed E-state index contributed by atoms with van der Waals surface area (Å²) < 4.78 is 5.17. The summed E-state index contributed by atoms with van der Waals surface area (Å²) in [6.45, 7) is 7.86. The Bertz CT molecular complexity index is 1160. The lowest BCUT2D eigenvalue weighted by atomic mass is 10.1. The van der Waals surface area contributed by atoms with E-state index in [2.05, 4.69) is 26.6 Å². The summed E-state index contributed by atoms with van der Waals surface area (Å²) in [7, 11) is 0. The zero-order valence-corrected chi connectivity index (χ0v) is 25.7. The Kier molecular flexibility index (Phi) is 13.5. The van der Waals surface area contributed by atoms with E-state index < -0.39 is 83.6 Å². The lowest BCUT2D eigenvalue weighted by Gasteiger charge is -2.25. The Morgan fingerprint density at radius 2 is 1.00 bits per heavy atom. The van der Waals surface area contributed by atoms with E-state index in [4.69, 9.17) is 4.74 Å². The Labute approximate surface area is 259 Å². The van der Waals surface area contributed by atoms with E-state index in [1.54, 1.807) is 6.92 Å². The SMILES string of the molecule is CCOCCC(=O)NC(CC(=O)NC(C)NC(=O)C(C)N1C(=O)C=CC1=O)CC(=O)NC(C)NC(=O)C(C)N1C(=O)C=CC1=O. The van der Waals surface area contributed by atoms with E-state index in [-0.39, 0.29) is 25.9 Å². The molecule has 45 heavy (non-hydrogen) atoms. The standard InChI is InChI=1S/C28H39N7O10/c1-6-45-12-11-20(36)33-19(13-21(37)29-17(4)31-27(43)15(2)34-23(39)7-8-24(34)40)14-22(38)30-18(5)32-28(44)16(3)35-25(41)9-10-26(35)42/h7-10,15-19H,6,11-14H2,1-5H3,(H,29,37)(H,30,38)(H,31,43)(H,32,44)(H,33,36). The molecule has 246 valence electrons. The average molecular weight is 634 g/mol. The zero-order valence-electron chi connectivity index (χ0n) is 25.7. The fraction of sp³-hybridized carbons (Fsp3) is 0.536. The topological polar surface area (TPSA) is 229 Å². The molecule has 5 N–H and O–H groups in total. The molecule has 0 saturated heterocycles. The van der Waals surface area contributed by atoms with Gasteiger partial charge in [0.25, 0.3) is 23.6 Å². The van der Waals surface area contributed by atoms with E-state index in [1.165, 1.54) is 27.7 Å². The van der Waals surface area contributed by atoms with Gasteiger partial charge in [-0.15, -0.1) is 0 Å². The molecule has 0 aliphatic carbocycles. The quantitative estimate of drug-likeness (QED) is 0.0640. The molecular formula is C28H39N7O10. The fourth-order valence-corrected chi connectivity index (χ4v) is 4.39. The highest BCUT2D eigenvalue weighted by Crippen LogP contribution is 2.10. The van der Waals surface area contributed by atoms with Gasteiger partial charge < -0.3 is 31.3 Å². The van der Waals surface area contributed by atoms with Gasteiger partial charge in [0.05, 0.1) is 18.9 Å². The predicted octanol–water partition coefficient (Wildman–Crippen LogP) is -2.54. The first-order valence-electron chi connectivity index (χ1n) is 14.3. The van der Waals surface area contributed by atoms with Crippen LogP contribution in [0.1, 0.15) is 53.9 Å². The number of carbonyl (C=O) groups is 9. The number of amides is 9. The van der Waals surface area contributed by atoms with Gasteiger partial charge in [-0.2, -0.15) is 0 Å². The summed E-state index contributed by atoms with van der Waals surface area (Å²) in [6, 6.07) is -3.28. The van der Waals surface area contributed by atoms with Crippen LogP contribution in [0.5, 0.6) is 0 Å². The number of nitrogens with one attached hydrogen (secondary N) is 5. The van der Waals surface area contributed by atoms with Crippen molar-refractivity contribution in [2.24, 2.45) is 0 Å². The third-order valence-corrected chi connectivity index (χ3v) is 6.60. The second-order valence-corrected chi connectivity index (χ2v) is 10.3. The lowest BCUT2D eigenvalue weighted by Crippen LogP contribution is -2.55. The molecule has 0 bridgehead atoms. The smallest absolute Gasteiger partial charge is 0.254 e. The van der Waals surface area contributed by atoms with Crippen molar-refractivity contribution in [2.75, 3.05) is 13.2 Å². The van der Waals surface area contributed by atoms with Gasteiger partial charge in [-0.25, -0.2) is 0 Å². The Morgan fingerprint density at radius 3 is 1.36 bits per heavy atom. The first kappa shape index (κ1) is 36.3. The molecule has 2 heterocycles. The average Bonchev–Trinajstić information content (AvgIpc) is 3.46. The third-order valence-electron chi connectivity index (χ3n) is 6.60. The van der Waals surface area contributed by atoms with Crippen LogP contribution < -0.4 is 26.6 Å². The van der Waals surface area contributed by atoms with Gasteiger partial charge in [0.2, 0.25) is 29.5 Å². The lowest BCUT2D eigenvalue weighted by molar-refractivity contribution is -0.145. The number of carbonyl (C=O) groups excluding carboxylic acids is 9. The van der Waals surface area contributed by atoms with Gasteiger partial charge in [-0.1, -0.05) is 0 Å². The highest BCUT2D eigenvalue weighted by atomic mass is 16.5. The van der Waals surface area contributed by atoms with Crippen LogP contribution in [0.3, 0.4) is 0 Å². The molecule has 0 aromatic rings. The van der Waals surface area contributed by atoms with Crippen LogP contribution in [0.4, 0.5) is 0 Å². The van der Waals surface area contributed by atoms with E-state index in [9.17, 15) is 43.2 Å². The largest absolute Gasteiger partial charge is 0.381 e. The van der Waals surface area contributed by atoms with Crippen molar-refractivity contribution in [3.8, 4) is 0 Å². The highest BCUT2D eigenvalue weighted by Gasteiger charge is 2.34. The highest BCUT2D eigenvalue weighted by molar-refractivity contribution is 6.15. The molecular weight excluding hydrogens is 594 g/mol. The van der Waals surface area contributed by atoms with Crippen LogP contribution in [0.15, 0.2) is 24.3 Å².